The van der Waals surface area contributed by atoms with Crippen LogP contribution in [0.1, 0.15) is 134 Å². The summed E-state index contributed by atoms with van der Waals surface area (Å²) < 4.78 is 71.9. The summed E-state index contributed by atoms with van der Waals surface area (Å²) >= 11 is 0. The van der Waals surface area contributed by atoms with Gasteiger partial charge in [-0.1, -0.05) is 41.5 Å². The van der Waals surface area contributed by atoms with Crippen LogP contribution in [0.15, 0.2) is 0 Å². The normalized spacial score (nSPS) is 53.7. The Morgan fingerprint density at radius 2 is 1.42 bits per heavy atom. The third kappa shape index (κ3) is 9.58. The van der Waals surface area contributed by atoms with Gasteiger partial charge in [-0.05, 0) is 73.1 Å². The summed E-state index contributed by atoms with van der Waals surface area (Å²) in [6.07, 6.45) is 0.228. The minimum absolute atomic E-state index is 0. The molecule has 17 heteroatoms. The van der Waals surface area contributed by atoms with Crippen molar-refractivity contribution in [1.82, 2.24) is 0 Å². The summed E-state index contributed by atoms with van der Waals surface area (Å²) in [6.45, 7) is 20.5. The third-order valence-corrected chi connectivity index (χ3v) is 17.8. The molecule has 3 N–H and O–H groups in total. The van der Waals surface area contributed by atoms with Gasteiger partial charge >= 0.3 is 29.6 Å². The quantitative estimate of drug-likeness (QED) is 0.234. The Balaban J connectivity index is 0.00000700. The van der Waals surface area contributed by atoms with Crippen molar-refractivity contribution in [3.63, 3.8) is 0 Å². The summed E-state index contributed by atoms with van der Waals surface area (Å²) in [7, 11) is 5.01. The van der Waals surface area contributed by atoms with Crippen LogP contribution in [-0.4, -0.2) is 150 Å². The molecule has 7 fully saturated rings. The van der Waals surface area contributed by atoms with E-state index < -0.39 is 82.5 Å². The topological polar surface area (TPSA) is 202 Å². The molecule has 0 aromatic rings. The molecule has 0 unspecified atom stereocenters. The zero-order valence-corrected chi connectivity index (χ0v) is 43.9. The summed E-state index contributed by atoms with van der Waals surface area (Å²) in [5.74, 6) is -9.78. The molecule has 0 amide bonds. The monoisotopic (exact) mass is 937 g/mol. The maximum absolute atomic E-state index is 12.3. The maximum atomic E-state index is 12.3. The summed E-state index contributed by atoms with van der Waals surface area (Å²) in [5.41, 5.74) is -2.79. The molecule has 7 aliphatic heterocycles. The Hall–Kier alpha value is -0.0900. The average Bonchev–Trinajstić information content (AvgIpc) is 4.00. The Kier molecular flexibility index (Phi) is 16.6. The molecule has 0 aromatic carbocycles. The molecule has 0 aliphatic carbocycles. The van der Waals surface area contributed by atoms with E-state index in [9.17, 15) is 25.2 Å². The molecular formula is C48H81NaO16. The van der Waals surface area contributed by atoms with E-state index in [1.54, 1.807) is 42.1 Å². The minimum Gasteiger partial charge on any atom is -0.550 e. The molecule has 370 valence electrons. The summed E-state index contributed by atoms with van der Waals surface area (Å²) in [4.78, 5) is 12.3. The number of hydrogen-bond acceptors (Lipinski definition) is 16. The van der Waals surface area contributed by atoms with Crippen molar-refractivity contribution in [2.75, 3.05) is 21.3 Å². The van der Waals surface area contributed by atoms with Crippen LogP contribution in [0.4, 0.5) is 0 Å². The van der Waals surface area contributed by atoms with Gasteiger partial charge in [0.15, 0.2) is 23.7 Å². The van der Waals surface area contributed by atoms with E-state index in [4.69, 9.17) is 52.1 Å². The molecule has 7 aliphatic rings. The number of methoxy groups -OCH3 is 3. The van der Waals surface area contributed by atoms with E-state index in [-0.39, 0.29) is 96.1 Å². The van der Waals surface area contributed by atoms with Gasteiger partial charge in [-0.25, -0.2) is 0 Å². The molecule has 0 aromatic heterocycles. The van der Waals surface area contributed by atoms with E-state index in [1.165, 1.54) is 6.92 Å². The fourth-order valence-electron chi connectivity index (χ4n) is 13.0. The second kappa shape index (κ2) is 19.8. The van der Waals surface area contributed by atoms with Gasteiger partial charge in [-0.2, -0.15) is 0 Å². The van der Waals surface area contributed by atoms with Crippen molar-refractivity contribution in [3.05, 3.63) is 0 Å². The molecule has 7 rings (SSSR count). The maximum Gasteiger partial charge on any atom is 1.00 e. The van der Waals surface area contributed by atoms with Crippen LogP contribution >= 0.6 is 0 Å². The van der Waals surface area contributed by atoms with E-state index in [2.05, 4.69) is 27.7 Å². The predicted molar refractivity (Wildman–Crippen MR) is 228 cm³/mol. The standard InChI is InChI=1S/C48H82O16.Na/c1-24(41-45(10,61-37-18-16-31(54-12)30(7)57-37)40(49)28(5)48(53,63-41)29(6)42(50)51)33-23-34(55-13)26(3)47(59-33)22-21-44(9,64-47)36-19-20-43(8,60-36)35-17-15-32(58-35)39-25(2)38(56-14)27(4)46(11,52)62-39;/h24-41,49,52-53H,15-23H2,1-14H3,(H,50,51);/q;+1/p-1/t24-,25-,26+,27+,28+,29+,30+,31-,32+,33-,34+,35+,36+,37-,38-,39-,40+,41+,43-,44-,45-,46-,47+,48+;/m0./s1. The fraction of sp³-hybridized carbons (Fsp3) is 0.979. The second-order valence-electron chi connectivity index (χ2n) is 21.7. The van der Waals surface area contributed by atoms with Gasteiger partial charge in [0.2, 0.25) is 0 Å². The van der Waals surface area contributed by atoms with Crippen LogP contribution < -0.4 is 34.7 Å². The smallest absolute Gasteiger partial charge is 0.550 e. The molecule has 7 heterocycles. The van der Waals surface area contributed by atoms with Crippen LogP contribution in [0.3, 0.4) is 0 Å². The average molecular weight is 937 g/mol. The van der Waals surface area contributed by atoms with Gasteiger partial charge in [-0.15, -0.1) is 0 Å². The van der Waals surface area contributed by atoms with Gasteiger partial charge in [0.25, 0.3) is 0 Å². The van der Waals surface area contributed by atoms with E-state index in [0.29, 0.717) is 32.1 Å². The zero-order valence-electron chi connectivity index (χ0n) is 41.9. The number of aliphatic hydroxyl groups is 3. The van der Waals surface area contributed by atoms with Crippen molar-refractivity contribution >= 4 is 5.97 Å². The van der Waals surface area contributed by atoms with Crippen LogP contribution in [0.2, 0.25) is 0 Å². The van der Waals surface area contributed by atoms with Gasteiger partial charge in [-0.3, -0.25) is 0 Å². The molecule has 0 radical (unpaired) electrons. The van der Waals surface area contributed by atoms with Crippen LogP contribution in [0.5, 0.6) is 0 Å². The Bertz CT molecular complexity index is 1640. The van der Waals surface area contributed by atoms with Crippen molar-refractivity contribution in [1.29, 1.82) is 0 Å². The van der Waals surface area contributed by atoms with Crippen LogP contribution in [-0.2, 0) is 56.9 Å². The molecule has 7 saturated heterocycles. The molecule has 0 bridgehead atoms. The van der Waals surface area contributed by atoms with Crippen molar-refractivity contribution in [2.24, 2.45) is 35.5 Å². The van der Waals surface area contributed by atoms with E-state index >= 15 is 0 Å². The Labute approximate surface area is 409 Å². The van der Waals surface area contributed by atoms with Gasteiger partial charge in [0.1, 0.15) is 5.60 Å². The first kappa shape index (κ1) is 54.2. The third-order valence-electron chi connectivity index (χ3n) is 17.8. The summed E-state index contributed by atoms with van der Waals surface area (Å²) in [6, 6.07) is 0. The fourth-order valence-corrected chi connectivity index (χ4v) is 13.0. The first-order valence-corrected chi connectivity index (χ1v) is 24.2. The first-order chi connectivity index (χ1) is 29.8. The number of rotatable bonds is 12. The van der Waals surface area contributed by atoms with Crippen LogP contribution in [0.25, 0.3) is 0 Å². The second-order valence-corrected chi connectivity index (χ2v) is 21.7. The number of aliphatic carboxylic acids is 1. The van der Waals surface area contributed by atoms with Crippen molar-refractivity contribution in [2.45, 2.75) is 242 Å². The molecule has 0 saturated carbocycles. The molecule has 24 atom stereocenters. The van der Waals surface area contributed by atoms with E-state index in [0.717, 1.165) is 25.7 Å². The molecule has 65 heavy (non-hydrogen) atoms. The minimum atomic E-state index is -2.30. The molecule has 16 nitrogen and oxygen atoms in total. The SMILES string of the molecule is CO[C@H]1[C@H](C)[C@@H]([C@H]2CC[C@H]([C@]3(C)CC[C@H]([C@]4(C)CC[C@@]5(O[C@H]([C@H](C)[C@H]6O[C@@](O)([C@H](C)C(=O)[O-])[C@H](C)[C@@H](O)[C@]6(C)O[C@H]6CC[C@H](OC)[C@@H](C)O6)C[C@@H](OC)[C@H]5C)O4)O3)O2)O[C@](C)(O)[C@@H]1C.[Na+]. The van der Waals surface area contributed by atoms with Gasteiger partial charge in [0, 0.05) is 76.2 Å². The zero-order chi connectivity index (χ0) is 47.1. The van der Waals surface area contributed by atoms with Gasteiger partial charge in [0.05, 0.1) is 84.3 Å². The number of carbonyl (C=O) groups is 1. The number of aliphatic hydroxyl groups excluding tert-OH is 1. The number of hydrogen-bond donors (Lipinski definition) is 3. The first-order valence-electron chi connectivity index (χ1n) is 24.2. The predicted octanol–water partition coefficient (Wildman–Crippen LogP) is 0.997. The number of carboxylic acid groups (broad SMARTS) is 1. The Morgan fingerprint density at radius 3 is 2.03 bits per heavy atom. The Morgan fingerprint density at radius 1 is 0.738 bits per heavy atom. The number of ether oxygens (including phenoxy) is 11. The number of carboxylic acids is 1. The van der Waals surface area contributed by atoms with E-state index in [1.807, 2.05) is 20.8 Å². The van der Waals surface area contributed by atoms with Crippen LogP contribution in [0, 0.1) is 35.5 Å². The molecule has 1 spiro atoms. The summed E-state index contributed by atoms with van der Waals surface area (Å²) in [5, 5.41) is 47.8. The molecular weight excluding hydrogens is 856 g/mol. The van der Waals surface area contributed by atoms with Gasteiger partial charge < -0.3 is 77.3 Å². The van der Waals surface area contributed by atoms with Crippen molar-refractivity contribution in [3.8, 4) is 0 Å². The van der Waals surface area contributed by atoms with Crippen molar-refractivity contribution < 1.29 is 107 Å². The largest absolute Gasteiger partial charge is 1.00 e. The number of carbonyl (C=O) groups excluding carboxylic acids is 1.